The molecule has 0 aliphatic carbocycles. The third-order valence-corrected chi connectivity index (χ3v) is 2.45. The topological polar surface area (TPSA) is 39.7 Å². The first-order chi connectivity index (χ1) is 7.76. The first kappa shape index (κ1) is 12.8. The minimum Gasteiger partial charge on any atom is -0.493 e. The predicted octanol–water partition coefficient (Wildman–Crippen LogP) is 1.61. The molecule has 90 valence electrons. The van der Waals surface area contributed by atoms with Crippen molar-refractivity contribution in [2.45, 2.75) is 6.10 Å². The van der Waals surface area contributed by atoms with Crippen molar-refractivity contribution in [3.05, 3.63) is 23.8 Å². The van der Waals surface area contributed by atoms with Gasteiger partial charge in [-0.2, -0.15) is 0 Å². The fourth-order valence-corrected chi connectivity index (χ4v) is 1.58. The molecule has 0 aliphatic heterocycles. The molecular weight excluding hydrogens is 206 g/mol. The van der Waals surface area contributed by atoms with Crippen LogP contribution in [0.15, 0.2) is 18.2 Å². The Hall–Kier alpha value is -1.26. The second-order valence-corrected chi connectivity index (χ2v) is 3.40. The van der Waals surface area contributed by atoms with Crippen LogP contribution in [0.5, 0.6) is 11.5 Å². The Morgan fingerprint density at radius 2 is 1.81 bits per heavy atom. The average molecular weight is 225 g/mol. The van der Waals surface area contributed by atoms with Crippen molar-refractivity contribution in [2.24, 2.45) is 0 Å². The molecule has 0 spiro atoms. The summed E-state index contributed by atoms with van der Waals surface area (Å²) in [5.74, 6) is 1.45. The summed E-state index contributed by atoms with van der Waals surface area (Å²) in [6, 6.07) is 5.80. The second kappa shape index (κ2) is 6.35. The maximum absolute atomic E-state index is 5.39. The highest BCUT2D eigenvalue weighted by Crippen LogP contribution is 2.30. The van der Waals surface area contributed by atoms with Gasteiger partial charge in [-0.25, -0.2) is 0 Å². The molecule has 1 rings (SSSR count). The zero-order chi connectivity index (χ0) is 12.0. The molecule has 0 heterocycles. The molecule has 0 unspecified atom stereocenters. The van der Waals surface area contributed by atoms with Crippen LogP contribution in [-0.2, 0) is 4.74 Å². The molecule has 1 N–H and O–H groups in total. The fourth-order valence-electron chi connectivity index (χ4n) is 1.58. The molecule has 0 fully saturated rings. The highest BCUT2D eigenvalue weighted by atomic mass is 16.5. The summed E-state index contributed by atoms with van der Waals surface area (Å²) in [6.45, 7) is 0.756. The van der Waals surface area contributed by atoms with Gasteiger partial charge in [0.2, 0.25) is 0 Å². The van der Waals surface area contributed by atoms with Gasteiger partial charge in [0.15, 0.2) is 11.5 Å². The summed E-state index contributed by atoms with van der Waals surface area (Å²) < 4.78 is 15.8. The third kappa shape index (κ3) is 2.87. The first-order valence-electron chi connectivity index (χ1n) is 5.16. The van der Waals surface area contributed by atoms with Crippen molar-refractivity contribution in [3.63, 3.8) is 0 Å². The summed E-state index contributed by atoms with van der Waals surface area (Å²) >= 11 is 0. The SMILES string of the molecule is CNC[C@@H](OC)c1ccc(OC)c(OC)c1. The van der Waals surface area contributed by atoms with E-state index in [1.165, 1.54) is 0 Å². The minimum atomic E-state index is 0.0183. The molecule has 16 heavy (non-hydrogen) atoms. The molecule has 0 bridgehead atoms. The zero-order valence-corrected chi connectivity index (χ0v) is 10.2. The summed E-state index contributed by atoms with van der Waals surface area (Å²) in [6.07, 6.45) is 0.0183. The van der Waals surface area contributed by atoms with Crippen LogP contribution >= 0.6 is 0 Å². The molecule has 4 heteroatoms. The number of benzene rings is 1. The van der Waals surface area contributed by atoms with Crippen molar-refractivity contribution in [1.82, 2.24) is 5.32 Å². The minimum absolute atomic E-state index is 0.0183. The van der Waals surface area contributed by atoms with Gasteiger partial charge < -0.3 is 19.5 Å². The first-order valence-corrected chi connectivity index (χ1v) is 5.16. The smallest absolute Gasteiger partial charge is 0.161 e. The van der Waals surface area contributed by atoms with E-state index in [0.29, 0.717) is 0 Å². The van der Waals surface area contributed by atoms with E-state index >= 15 is 0 Å². The number of nitrogens with one attached hydrogen (secondary N) is 1. The van der Waals surface area contributed by atoms with Gasteiger partial charge in [0.25, 0.3) is 0 Å². The highest BCUT2D eigenvalue weighted by Gasteiger charge is 2.12. The normalized spacial score (nSPS) is 12.2. The molecule has 1 aromatic carbocycles. The molecule has 0 saturated carbocycles. The fraction of sp³-hybridized carbons (Fsp3) is 0.500. The van der Waals surface area contributed by atoms with E-state index in [9.17, 15) is 0 Å². The zero-order valence-electron chi connectivity index (χ0n) is 10.2. The van der Waals surface area contributed by atoms with Crippen LogP contribution in [0.4, 0.5) is 0 Å². The van der Waals surface area contributed by atoms with Gasteiger partial charge in [0.05, 0.1) is 20.3 Å². The van der Waals surface area contributed by atoms with Crippen LogP contribution in [0.3, 0.4) is 0 Å². The largest absolute Gasteiger partial charge is 0.493 e. The number of rotatable bonds is 6. The lowest BCUT2D eigenvalue weighted by atomic mass is 10.1. The van der Waals surface area contributed by atoms with Gasteiger partial charge in [-0.15, -0.1) is 0 Å². The van der Waals surface area contributed by atoms with Crippen LogP contribution in [0, 0.1) is 0 Å². The summed E-state index contributed by atoms with van der Waals surface area (Å²) in [7, 11) is 6.84. The van der Waals surface area contributed by atoms with Gasteiger partial charge in [0.1, 0.15) is 0 Å². The quantitative estimate of drug-likeness (QED) is 0.798. The molecule has 4 nitrogen and oxygen atoms in total. The molecule has 1 aromatic rings. The van der Waals surface area contributed by atoms with Gasteiger partial charge in [-0.1, -0.05) is 6.07 Å². The van der Waals surface area contributed by atoms with Crippen LogP contribution in [0.25, 0.3) is 0 Å². The Kier molecular flexibility index (Phi) is 5.08. The third-order valence-electron chi connectivity index (χ3n) is 2.45. The van der Waals surface area contributed by atoms with E-state index in [-0.39, 0.29) is 6.10 Å². The average Bonchev–Trinajstić information content (AvgIpc) is 2.35. The highest BCUT2D eigenvalue weighted by molar-refractivity contribution is 5.43. The lowest BCUT2D eigenvalue weighted by Gasteiger charge is -2.17. The number of likely N-dealkylation sites (N-methyl/N-ethyl adjacent to an activating group) is 1. The van der Waals surface area contributed by atoms with Crippen LogP contribution in [0.1, 0.15) is 11.7 Å². The second-order valence-electron chi connectivity index (χ2n) is 3.40. The van der Waals surface area contributed by atoms with E-state index in [2.05, 4.69) is 5.32 Å². The number of hydrogen-bond acceptors (Lipinski definition) is 4. The summed E-state index contributed by atoms with van der Waals surface area (Å²) in [5, 5.41) is 3.09. The Morgan fingerprint density at radius 1 is 1.12 bits per heavy atom. The van der Waals surface area contributed by atoms with Crippen LogP contribution < -0.4 is 14.8 Å². The van der Waals surface area contributed by atoms with E-state index in [0.717, 1.165) is 23.6 Å². The van der Waals surface area contributed by atoms with Crippen molar-refractivity contribution in [1.29, 1.82) is 0 Å². The van der Waals surface area contributed by atoms with E-state index < -0.39 is 0 Å². The summed E-state index contributed by atoms with van der Waals surface area (Å²) in [5.41, 5.74) is 1.06. The molecule has 0 amide bonds. The van der Waals surface area contributed by atoms with Crippen LogP contribution in [-0.4, -0.2) is 34.9 Å². The molecule has 0 aliphatic rings. The van der Waals surface area contributed by atoms with E-state index in [4.69, 9.17) is 14.2 Å². The maximum atomic E-state index is 5.39. The van der Waals surface area contributed by atoms with Crippen molar-refractivity contribution < 1.29 is 14.2 Å². The van der Waals surface area contributed by atoms with Crippen LogP contribution in [0.2, 0.25) is 0 Å². The van der Waals surface area contributed by atoms with Gasteiger partial charge in [-0.05, 0) is 24.7 Å². The molecule has 1 atom stereocenters. The van der Waals surface area contributed by atoms with E-state index in [1.807, 2.05) is 25.2 Å². The number of methoxy groups -OCH3 is 3. The molecule has 0 saturated heterocycles. The monoisotopic (exact) mass is 225 g/mol. The van der Waals surface area contributed by atoms with E-state index in [1.54, 1.807) is 21.3 Å². The van der Waals surface area contributed by atoms with Crippen molar-refractivity contribution in [3.8, 4) is 11.5 Å². The molecule has 0 radical (unpaired) electrons. The Labute approximate surface area is 96.5 Å². The van der Waals surface area contributed by atoms with Crippen molar-refractivity contribution in [2.75, 3.05) is 34.9 Å². The standard InChI is InChI=1S/C12H19NO3/c1-13-8-12(16-4)9-5-6-10(14-2)11(7-9)15-3/h5-7,12-13H,8H2,1-4H3/t12-/m1/s1. The van der Waals surface area contributed by atoms with Gasteiger partial charge in [-0.3, -0.25) is 0 Å². The lowest BCUT2D eigenvalue weighted by molar-refractivity contribution is 0.104. The molecular formula is C12H19NO3. The Balaban J connectivity index is 2.96. The van der Waals surface area contributed by atoms with Crippen molar-refractivity contribution >= 4 is 0 Å². The lowest BCUT2D eigenvalue weighted by Crippen LogP contribution is -2.18. The molecule has 0 aromatic heterocycles. The van der Waals surface area contributed by atoms with Gasteiger partial charge in [0, 0.05) is 13.7 Å². The predicted molar refractivity (Wildman–Crippen MR) is 63.2 cm³/mol. The maximum Gasteiger partial charge on any atom is 0.161 e. The number of hydrogen-bond donors (Lipinski definition) is 1. The van der Waals surface area contributed by atoms with Gasteiger partial charge >= 0.3 is 0 Å². The Morgan fingerprint density at radius 3 is 2.31 bits per heavy atom. The Bertz CT molecular complexity index is 328. The summed E-state index contributed by atoms with van der Waals surface area (Å²) in [4.78, 5) is 0. The number of ether oxygens (including phenoxy) is 3.